The first-order valence-electron chi connectivity index (χ1n) is 7.42. The lowest BCUT2D eigenvalue weighted by molar-refractivity contribution is -0.123. The number of nitrogens with zero attached hydrogens (tertiary/aromatic N) is 1. The maximum Gasteiger partial charge on any atom is 0.387 e. The number of ether oxygens (including phenoxy) is 2. The Bertz CT molecular complexity index is 787. The molecule has 1 heterocycles. The molecule has 2 aromatic rings. The van der Waals surface area contributed by atoms with E-state index < -0.39 is 24.4 Å². The summed E-state index contributed by atoms with van der Waals surface area (Å²) >= 11 is 5.69. The summed E-state index contributed by atoms with van der Waals surface area (Å²) in [7, 11) is 0. The average molecular weight is 372 g/mol. The second kappa shape index (κ2) is 7.23. The topological polar surface area (TPSA) is 38.8 Å². The molecule has 1 amide bonds. The molecular formula is C17H13ClF3NO3. The molecule has 8 heteroatoms. The molecule has 1 aliphatic rings. The van der Waals surface area contributed by atoms with Gasteiger partial charge in [0.25, 0.3) is 5.91 Å². The van der Waals surface area contributed by atoms with Gasteiger partial charge >= 0.3 is 6.61 Å². The molecule has 1 fully saturated rings. The molecule has 0 bridgehead atoms. The third kappa shape index (κ3) is 3.82. The van der Waals surface area contributed by atoms with E-state index in [1.54, 1.807) is 6.07 Å². The van der Waals surface area contributed by atoms with E-state index in [9.17, 15) is 18.0 Å². The fourth-order valence-corrected chi connectivity index (χ4v) is 2.76. The summed E-state index contributed by atoms with van der Waals surface area (Å²) in [5.41, 5.74) is 0.246. The van der Waals surface area contributed by atoms with Gasteiger partial charge in [-0.2, -0.15) is 8.78 Å². The third-order valence-electron chi connectivity index (χ3n) is 3.70. The Balaban J connectivity index is 1.77. The van der Waals surface area contributed by atoms with E-state index in [2.05, 4.69) is 4.74 Å². The van der Waals surface area contributed by atoms with Crippen molar-refractivity contribution < 1.29 is 27.4 Å². The van der Waals surface area contributed by atoms with Crippen LogP contribution in [0.4, 0.5) is 18.9 Å². The number of hydrogen-bond donors (Lipinski definition) is 0. The Morgan fingerprint density at radius 1 is 1.20 bits per heavy atom. The van der Waals surface area contributed by atoms with Crippen molar-refractivity contribution in [1.82, 2.24) is 0 Å². The number of carbonyl (C=O) groups is 1. The lowest BCUT2D eigenvalue weighted by Crippen LogP contribution is -2.32. The lowest BCUT2D eigenvalue weighted by atomic mass is 10.2. The Morgan fingerprint density at radius 2 is 1.96 bits per heavy atom. The summed E-state index contributed by atoms with van der Waals surface area (Å²) < 4.78 is 48.3. The molecule has 132 valence electrons. The number of hydrogen-bond acceptors (Lipinski definition) is 3. The van der Waals surface area contributed by atoms with Gasteiger partial charge in [-0.3, -0.25) is 4.79 Å². The molecule has 0 saturated carbocycles. The molecule has 0 aliphatic carbocycles. The van der Waals surface area contributed by atoms with Crippen LogP contribution in [0.25, 0.3) is 0 Å². The normalized spacial score (nSPS) is 17.2. The second-order valence-electron chi connectivity index (χ2n) is 5.31. The SMILES string of the molecule is O=C1[C@H](Oc2ccc(F)c(Cl)c2)CCN1c1ccccc1OC(F)F. The number of halogens is 4. The molecule has 0 spiro atoms. The van der Waals surface area contributed by atoms with Crippen molar-refractivity contribution >= 4 is 23.2 Å². The predicted octanol–water partition coefficient (Wildman–Crippen LogP) is 4.26. The Kier molecular flexibility index (Phi) is 5.03. The number of anilines is 1. The minimum absolute atomic E-state index is 0.0867. The first-order chi connectivity index (χ1) is 12.0. The van der Waals surface area contributed by atoms with Crippen molar-refractivity contribution in [3.05, 3.63) is 53.3 Å². The van der Waals surface area contributed by atoms with E-state index in [0.29, 0.717) is 6.42 Å². The Hall–Kier alpha value is -2.41. The van der Waals surface area contributed by atoms with Crippen LogP contribution >= 0.6 is 11.6 Å². The molecule has 0 radical (unpaired) electrons. The van der Waals surface area contributed by atoms with Crippen LogP contribution in [0.2, 0.25) is 5.02 Å². The van der Waals surface area contributed by atoms with Crippen LogP contribution in [0.5, 0.6) is 11.5 Å². The van der Waals surface area contributed by atoms with E-state index in [1.165, 1.54) is 35.2 Å². The van der Waals surface area contributed by atoms with Gasteiger partial charge in [0.1, 0.15) is 17.3 Å². The van der Waals surface area contributed by atoms with Crippen LogP contribution in [0.15, 0.2) is 42.5 Å². The molecule has 3 rings (SSSR count). The first-order valence-corrected chi connectivity index (χ1v) is 7.80. The molecule has 1 atom stereocenters. The number of benzene rings is 2. The minimum atomic E-state index is -2.99. The minimum Gasteiger partial charge on any atom is -0.480 e. The quantitative estimate of drug-likeness (QED) is 0.788. The monoisotopic (exact) mass is 371 g/mol. The highest BCUT2D eigenvalue weighted by Gasteiger charge is 2.36. The number of carbonyl (C=O) groups excluding carboxylic acids is 1. The lowest BCUT2D eigenvalue weighted by Gasteiger charge is -2.20. The Morgan fingerprint density at radius 3 is 2.68 bits per heavy atom. The van der Waals surface area contributed by atoms with Crippen molar-refractivity contribution in [3.63, 3.8) is 0 Å². The zero-order chi connectivity index (χ0) is 18.0. The summed E-state index contributed by atoms with van der Waals surface area (Å²) in [5, 5.41) is -0.115. The van der Waals surface area contributed by atoms with Gasteiger partial charge in [-0.15, -0.1) is 0 Å². The number of para-hydroxylation sites is 2. The number of alkyl halides is 2. The summed E-state index contributed by atoms with van der Waals surface area (Å²) in [5.74, 6) is -0.822. The van der Waals surface area contributed by atoms with Crippen LogP contribution < -0.4 is 14.4 Å². The summed E-state index contributed by atoms with van der Waals surface area (Å²) in [6.07, 6.45) is -0.474. The van der Waals surface area contributed by atoms with Crippen molar-refractivity contribution in [2.75, 3.05) is 11.4 Å². The maximum atomic E-state index is 13.2. The van der Waals surface area contributed by atoms with Crippen LogP contribution in [0.3, 0.4) is 0 Å². The summed E-state index contributed by atoms with van der Waals surface area (Å²) in [6.45, 7) is -2.71. The standard InChI is InChI=1S/C17H13ClF3NO3/c18-11-9-10(5-6-12(11)19)24-15-7-8-22(16(15)23)13-3-1-2-4-14(13)25-17(20)21/h1-6,9,15,17H,7-8H2/t15-/m1/s1. The molecule has 1 saturated heterocycles. The predicted molar refractivity (Wildman–Crippen MR) is 85.9 cm³/mol. The van der Waals surface area contributed by atoms with Gasteiger partial charge in [0.15, 0.2) is 6.10 Å². The van der Waals surface area contributed by atoms with Crippen molar-refractivity contribution in [2.45, 2.75) is 19.1 Å². The molecule has 25 heavy (non-hydrogen) atoms. The highest BCUT2D eigenvalue weighted by Crippen LogP contribution is 2.33. The molecule has 0 N–H and O–H groups in total. The molecule has 1 aliphatic heterocycles. The maximum absolute atomic E-state index is 13.2. The molecule has 4 nitrogen and oxygen atoms in total. The molecular weight excluding hydrogens is 359 g/mol. The van der Waals surface area contributed by atoms with Gasteiger partial charge in [0.2, 0.25) is 0 Å². The van der Waals surface area contributed by atoms with Crippen LogP contribution in [-0.4, -0.2) is 25.2 Å². The smallest absolute Gasteiger partial charge is 0.387 e. The number of amides is 1. The van der Waals surface area contributed by atoms with E-state index in [4.69, 9.17) is 16.3 Å². The zero-order valence-electron chi connectivity index (χ0n) is 12.8. The average Bonchev–Trinajstić information content (AvgIpc) is 2.92. The van der Waals surface area contributed by atoms with Gasteiger partial charge in [-0.05, 0) is 24.3 Å². The van der Waals surface area contributed by atoms with Crippen molar-refractivity contribution in [1.29, 1.82) is 0 Å². The van der Waals surface area contributed by atoms with Crippen molar-refractivity contribution in [2.24, 2.45) is 0 Å². The van der Waals surface area contributed by atoms with E-state index >= 15 is 0 Å². The van der Waals surface area contributed by atoms with Gasteiger partial charge in [0.05, 0.1) is 10.7 Å². The van der Waals surface area contributed by atoms with E-state index in [1.807, 2.05) is 0 Å². The third-order valence-corrected chi connectivity index (χ3v) is 3.99. The van der Waals surface area contributed by atoms with Crippen LogP contribution in [-0.2, 0) is 4.79 Å². The van der Waals surface area contributed by atoms with Crippen LogP contribution in [0.1, 0.15) is 6.42 Å². The van der Waals surface area contributed by atoms with Crippen molar-refractivity contribution in [3.8, 4) is 11.5 Å². The van der Waals surface area contributed by atoms with E-state index in [0.717, 1.165) is 6.07 Å². The molecule has 2 aromatic carbocycles. The number of rotatable bonds is 5. The van der Waals surface area contributed by atoms with Gasteiger partial charge in [-0.25, -0.2) is 4.39 Å². The van der Waals surface area contributed by atoms with Gasteiger partial charge in [0, 0.05) is 19.0 Å². The summed E-state index contributed by atoms with van der Waals surface area (Å²) in [6, 6.07) is 9.83. The van der Waals surface area contributed by atoms with E-state index in [-0.39, 0.29) is 28.8 Å². The fraction of sp³-hybridized carbons (Fsp3) is 0.235. The molecule has 0 aromatic heterocycles. The fourth-order valence-electron chi connectivity index (χ4n) is 2.59. The van der Waals surface area contributed by atoms with Gasteiger partial charge < -0.3 is 14.4 Å². The highest BCUT2D eigenvalue weighted by atomic mass is 35.5. The largest absolute Gasteiger partial charge is 0.480 e. The summed E-state index contributed by atoms with van der Waals surface area (Å²) in [4.78, 5) is 13.9. The van der Waals surface area contributed by atoms with Gasteiger partial charge in [-0.1, -0.05) is 23.7 Å². The Labute approximate surface area is 146 Å². The highest BCUT2D eigenvalue weighted by molar-refractivity contribution is 6.30. The first kappa shape index (κ1) is 17.4. The zero-order valence-corrected chi connectivity index (χ0v) is 13.6. The molecule has 0 unspecified atom stereocenters. The second-order valence-corrected chi connectivity index (χ2v) is 5.71. The van der Waals surface area contributed by atoms with Crippen LogP contribution in [0, 0.1) is 5.82 Å².